The van der Waals surface area contributed by atoms with E-state index in [0.717, 1.165) is 29.6 Å². The first kappa shape index (κ1) is 15.6. The molecule has 3 saturated carbocycles. The summed E-state index contributed by atoms with van der Waals surface area (Å²) in [6, 6.07) is 0. The molecule has 0 aliphatic heterocycles. The Balaban J connectivity index is 1.68. The molecular weight excluding hydrogens is 284 g/mol. The van der Waals surface area contributed by atoms with Gasteiger partial charge in [-0.15, -0.1) is 12.6 Å². The zero-order chi connectivity index (χ0) is 15.5. The van der Waals surface area contributed by atoms with Crippen LogP contribution in [-0.4, -0.2) is 0 Å². The average molecular weight is 319 g/mol. The monoisotopic (exact) mass is 318 g/mol. The van der Waals surface area contributed by atoms with Gasteiger partial charge in [0.05, 0.1) is 0 Å². The first-order valence-electron chi connectivity index (χ1n) is 9.91. The van der Waals surface area contributed by atoms with E-state index >= 15 is 0 Å². The summed E-state index contributed by atoms with van der Waals surface area (Å²) in [5.74, 6) is 4.84. The molecule has 0 heterocycles. The van der Waals surface area contributed by atoms with Gasteiger partial charge in [0.2, 0.25) is 0 Å². The van der Waals surface area contributed by atoms with Crippen molar-refractivity contribution in [3.8, 4) is 0 Å². The maximum absolute atomic E-state index is 5.00. The standard InChI is InChI=1S/C21H34S/c1-4-14-9-11-17-16-10-8-15-6-5-7-19(22)21(15,3)18(16)12-13-20(14,17)2/h7,14-18,22H,4-6,8-13H2,1-3H3/t14-,15?,16-,17-,18-,20+,21-/m0/s1. The van der Waals surface area contributed by atoms with E-state index in [1.54, 1.807) is 0 Å². The maximum atomic E-state index is 5.00. The molecule has 0 aromatic carbocycles. The Bertz CT molecular complexity index is 480. The van der Waals surface area contributed by atoms with E-state index in [0.29, 0.717) is 10.8 Å². The molecular formula is C21H34S. The number of thiol groups is 1. The lowest BCUT2D eigenvalue weighted by molar-refractivity contribution is -0.0806. The maximum Gasteiger partial charge on any atom is 0.00380 e. The van der Waals surface area contributed by atoms with Gasteiger partial charge in [-0.25, -0.2) is 0 Å². The Morgan fingerprint density at radius 3 is 2.64 bits per heavy atom. The van der Waals surface area contributed by atoms with Crippen LogP contribution in [0.2, 0.25) is 0 Å². The fourth-order valence-corrected chi connectivity index (χ4v) is 8.17. The molecule has 0 nitrogen and oxygen atoms in total. The summed E-state index contributed by atoms with van der Waals surface area (Å²) in [6.07, 6.45) is 15.5. The van der Waals surface area contributed by atoms with Crippen molar-refractivity contribution in [1.82, 2.24) is 0 Å². The molecule has 124 valence electrons. The van der Waals surface area contributed by atoms with Crippen LogP contribution in [0, 0.1) is 40.4 Å². The quantitative estimate of drug-likeness (QED) is 0.526. The van der Waals surface area contributed by atoms with Crippen molar-refractivity contribution in [2.24, 2.45) is 40.4 Å². The van der Waals surface area contributed by atoms with Crippen LogP contribution >= 0.6 is 12.6 Å². The van der Waals surface area contributed by atoms with Crippen LogP contribution in [0.1, 0.15) is 78.6 Å². The minimum Gasteiger partial charge on any atom is -0.148 e. The molecule has 1 unspecified atom stereocenters. The fourth-order valence-electron chi connectivity index (χ4n) is 7.69. The number of rotatable bonds is 1. The van der Waals surface area contributed by atoms with E-state index < -0.39 is 0 Å². The molecule has 0 saturated heterocycles. The second-order valence-electron chi connectivity index (χ2n) is 9.33. The zero-order valence-corrected chi connectivity index (χ0v) is 15.7. The Morgan fingerprint density at radius 1 is 1.05 bits per heavy atom. The smallest absolute Gasteiger partial charge is 0.00380 e. The summed E-state index contributed by atoms with van der Waals surface area (Å²) < 4.78 is 0. The first-order chi connectivity index (χ1) is 10.5. The van der Waals surface area contributed by atoms with Gasteiger partial charge >= 0.3 is 0 Å². The van der Waals surface area contributed by atoms with E-state index in [-0.39, 0.29) is 0 Å². The Hall–Kier alpha value is 0.0900. The first-order valence-corrected chi connectivity index (χ1v) is 10.4. The SMILES string of the molecule is CC[C@H]1CC[C@H]2[C@@H]3CCC4CCC=C(S)[C@]4(C)[C@H]3CC[C@]12C. The lowest BCUT2D eigenvalue weighted by atomic mass is 9.46. The summed E-state index contributed by atoms with van der Waals surface area (Å²) in [4.78, 5) is 1.45. The molecule has 22 heavy (non-hydrogen) atoms. The molecule has 1 heteroatoms. The van der Waals surface area contributed by atoms with E-state index in [2.05, 4.69) is 26.8 Å². The molecule has 0 aromatic heterocycles. The predicted octanol–water partition coefficient (Wildman–Crippen LogP) is 6.48. The highest BCUT2D eigenvalue weighted by atomic mass is 32.1. The van der Waals surface area contributed by atoms with Crippen molar-refractivity contribution in [2.75, 3.05) is 0 Å². The molecule has 4 aliphatic rings. The summed E-state index contributed by atoms with van der Waals surface area (Å²) >= 11 is 5.00. The van der Waals surface area contributed by atoms with Gasteiger partial charge in [-0.3, -0.25) is 0 Å². The molecule has 0 N–H and O–H groups in total. The van der Waals surface area contributed by atoms with Gasteiger partial charge in [0, 0.05) is 5.41 Å². The molecule has 0 bridgehead atoms. The number of allylic oxidation sites excluding steroid dienone is 2. The highest BCUT2D eigenvalue weighted by molar-refractivity contribution is 7.84. The van der Waals surface area contributed by atoms with Gasteiger partial charge in [-0.2, -0.15) is 0 Å². The third-order valence-electron chi connectivity index (χ3n) is 9.00. The normalized spacial score (nSPS) is 54.2. The number of hydrogen-bond donors (Lipinski definition) is 1. The molecule has 0 radical (unpaired) electrons. The highest BCUT2D eigenvalue weighted by Gasteiger charge is 2.59. The number of fused-ring (bicyclic) bond motifs is 5. The van der Waals surface area contributed by atoms with Crippen molar-refractivity contribution < 1.29 is 0 Å². The van der Waals surface area contributed by atoms with E-state index in [9.17, 15) is 0 Å². The van der Waals surface area contributed by atoms with Gasteiger partial charge in [0.25, 0.3) is 0 Å². The van der Waals surface area contributed by atoms with Crippen LogP contribution in [-0.2, 0) is 0 Å². The molecule has 4 rings (SSSR count). The van der Waals surface area contributed by atoms with Gasteiger partial charge < -0.3 is 0 Å². The zero-order valence-electron chi connectivity index (χ0n) is 14.8. The highest BCUT2D eigenvalue weighted by Crippen LogP contribution is 2.68. The van der Waals surface area contributed by atoms with E-state index in [4.69, 9.17) is 12.6 Å². The van der Waals surface area contributed by atoms with Gasteiger partial charge in [0.1, 0.15) is 0 Å². The molecule has 0 aromatic rings. The van der Waals surface area contributed by atoms with E-state index in [1.807, 2.05) is 0 Å². The van der Waals surface area contributed by atoms with Crippen molar-refractivity contribution in [3.05, 3.63) is 11.0 Å². The molecule has 3 fully saturated rings. The molecule has 0 amide bonds. The lowest BCUT2D eigenvalue weighted by Gasteiger charge is -2.60. The van der Waals surface area contributed by atoms with Crippen LogP contribution in [0.4, 0.5) is 0 Å². The van der Waals surface area contributed by atoms with Crippen molar-refractivity contribution >= 4 is 12.6 Å². The topological polar surface area (TPSA) is 0 Å². The fraction of sp³-hybridized carbons (Fsp3) is 0.905. The second kappa shape index (κ2) is 5.30. The van der Waals surface area contributed by atoms with Crippen molar-refractivity contribution in [3.63, 3.8) is 0 Å². The summed E-state index contributed by atoms with van der Waals surface area (Å²) in [5, 5.41) is 0. The third-order valence-corrected chi connectivity index (χ3v) is 9.66. The van der Waals surface area contributed by atoms with Crippen LogP contribution in [0.25, 0.3) is 0 Å². The van der Waals surface area contributed by atoms with Gasteiger partial charge in [0.15, 0.2) is 0 Å². The summed E-state index contributed by atoms with van der Waals surface area (Å²) in [5.41, 5.74) is 1.07. The largest absolute Gasteiger partial charge is 0.148 e. The minimum absolute atomic E-state index is 0.413. The van der Waals surface area contributed by atoms with Gasteiger partial charge in [-0.05, 0) is 91.3 Å². The molecule has 0 spiro atoms. The van der Waals surface area contributed by atoms with Crippen LogP contribution < -0.4 is 0 Å². The molecule has 7 atom stereocenters. The van der Waals surface area contributed by atoms with Gasteiger partial charge in [-0.1, -0.05) is 33.3 Å². The third kappa shape index (κ3) is 1.90. The van der Waals surface area contributed by atoms with Crippen LogP contribution in [0.3, 0.4) is 0 Å². The van der Waals surface area contributed by atoms with Crippen molar-refractivity contribution in [1.29, 1.82) is 0 Å². The van der Waals surface area contributed by atoms with Crippen molar-refractivity contribution in [2.45, 2.75) is 78.6 Å². The minimum atomic E-state index is 0.413. The lowest BCUT2D eigenvalue weighted by Crippen LogP contribution is -2.52. The molecule has 4 aliphatic carbocycles. The predicted molar refractivity (Wildman–Crippen MR) is 98.0 cm³/mol. The Morgan fingerprint density at radius 2 is 1.86 bits per heavy atom. The summed E-state index contributed by atoms with van der Waals surface area (Å²) in [6.45, 7) is 7.67. The average Bonchev–Trinajstić information content (AvgIpc) is 2.85. The Labute approximate surface area is 142 Å². The number of hydrogen-bond acceptors (Lipinski definition) is 1. The van der Waals surface area contributed by atoms with Crippen LogP contribution in [0.5, 0.6) is 0 Å². The van der Waals surface area contributed by atoms with Crippen LogP contribution in [0.15, 0.2) is 11.0 Å². The Kier molecular flexibility index (Phi) is 3.76. The summed E-state index contributed by atoms with van der Waals surface area (Å²) in [7, 11) is 0. The second-order valence-corrected chi connectivity index (χ2v) is 9.81. The van der Waals surface area contributed by atoms with E-state index in [1.165, 1.54) is 62.7 Å².